The smallest absolute Gasteiger partial charge is 0.358 e. The second-order valence-electron chi connectivity index (χ2n) is 6.09. The van der Waals surface area contributed by atoms with Crippen molar-refractivity contribution in [3.63, 3.8) is 0 Å². The number of carbonyl (C=O) groups is 1. The number of ether oxygens (including phenoxy) is 1. The van der Waals surface area contributed by atoms with Gasteiger partial charge >= 0.3 is 161 Å². The first-order valence-electron chi connectivity index (χ1n) is 7.23. The minimum Gasteiger partial charge on any atom is -0.358 e. The van der Waals surface area contributed by atoms with Crippen molar-refractivity contribution < 1.29 is 31.6 Å². The molecule has 0 atom stereocenters. The topological polar surface area (TPSA) is 115 Å². The molecule has 0 aliphatic rings. The van der Waals surface area contributed by atoms with Gasteiger partial charge in [-0.05, 0) is 0 Å². The summed E-state index contributed by atoms with van der Waals surface area (Å²) in [7, 11) is 0. The molecule has 0 radical (unpaired) electrons. The number of nitrogens with zero attached hydrogens (tertiary/aromatic N) is 4. The summed E-state index contributed by atoms with van der Waals surface area (Å²) in [6.07, 6.45) is -0.0748. The molecule has 0 bridgehead atoms. The van der Waals surface area contributed by atoms with Gasteiger partial charge in [-0.25, -0.2) is 0 Å². The number of aliphatic carboxylic acids is 1. The van der Waals surface area contributed by atoms with Gasteiger partial charge in [0, 0.05) is 0 Å². The monoisotopic (exact) mass is 437 g/mol. The quantitative estimate of drug-likeness (QED) is 0.382. The van der Waals surface area contributed by atoms with E-state index in [0.29, 0.717) is 0 Å². The van der Waals surface area contributed by atoms with Gasteiger partial charge in [-0.2, -0.15) is 0 Å². The Morgan fingerprint density at radius 3 is 2.69 bits per heavy atom. The molecule has 0 spiro atoms. The fourth-order valence-electron chi connectivity index (χ4n) is 1.67. The van der Waals surface area contributed by atoms with E-state index in [1.807, 2.05) is 20.8 Å². The van der Waals surface area contributed by atoms with Crippen LogP contribution in [0.15, 0.2) is 9.82 Å². The van der Waals surface area contributed by atoms with Crippen LogP contribution in [0.2, 0.25) is 0 Å². The van der Waals surface area contributed by atoms with Gasteiger partial charge in [0.1, 0.15) is 0 Å². The van der Waals surface area contributed by atoms with Crippen LogP contribution < -0.4 is 5.56 Å². The second-order valence-corrected chi connectivity index (χ2v) is 8.20. The Kier molecular flexibility index (Phi) is 7.96. The molecule has 9 nitrogen and oxygen atoms in total. The number of aromatic amines is 1. The number of carboxylic acid groups (broad SMARTS) is 1. The van der Waals surface area contributed by atoms with Crippen LogP contribution in [-0.4, -0.2) is 45.6 Å². The van der Waals surface area contributed by atoms with E-state index in [4.69, 9.17) is 22.1 Å². The summed E-state index contributed by atoms with van der Waals surface area (Å²) < 4.78 is 9.22. The Morgan fingerprint density at radius 1 is 1.46 bits per heavy atom. The standard InChI is InChI=1S/C13H17N5O4S2.CH3.V/c1-13(2,3)6-22-7-17-12-14-11(23)16-18(12)10(21)9(15-17)24-5-4-8(19)20;;/h4-5,7H2,1-3H3,(H,16,23)(H,19,20);1H3;/q;-1;. The van der Waals surface area contributed by atoms with Gasteiger partial charge in [0.25, 0.3) is 0 Å². The van der Waals surface area contributed by atoms with Crippen molar-refractivity contribution in [1.82, 2.24) is 24.4 Å². The van der Waals surface area contributed by atoms with Crippen molar-refractivity contribution in [2.24, 2.45) is 5.41 Å². The van der Waals surface area contributed by atoms with E-state index >= 15 is 0 Å². The first-order valence-corrected chi connectivity index (χ1v) is 9.32. The van der Waals surface area contributed by atoms with Crippen molar-refractivity contribution in [1.29, 1.82) is 0 Å². The number of fused-ring (bicyclic) bond motifs is 1. The molecule has 26 heavy (non-hydrogen) atoms. The van der Waals surface area contributed by atoms with E-state index in [1.54, 1.807) is 0 Å². The Labute approximate surface area is 168 Å². The fraction of sp³-hybridized carbons (Fsp3) is 0.500. The summed E-state index contributed by atoms with van der Waals surface area (Å²) >= 11 is 8.43. The number of hydrogen-bond acceptors (Lipinski definition) is 7. The van der Waals surface area contributed by atoms with Crippen molar-refractivity contribution >= 4 is 40.1 Å². The largest absolute Gasteiger partial charge is 0.358 e. The molecule has 0 aliphatic heterocycles. The van der Waals surface area contributed by atoms with E-state index in [1.165, 1.54) is 9.20 Å². The van der Waals surface area contributed by atoms with Gasteiger partial charge in [-0.15, -0.1) is 0 Å². The molecule has 2 N–H and O–H groups in total. The maximum atomic E-state index is 12.4. The van der Waals surface area contributed by atoms with E-state index < -0.39 is 11.5 Å². The number of H-pyrrole nitrogens is 1. The molecule has 0 saturated heterocycles. The summed E-state index contributed by atoms with van der Waals surface area (Å²) in [5, 5.41) is 15.8. The SMILES string of the molecule is CC(C)(C)[C](=[V])OCn1nc(SCCC(=O)O)c(=O)n2[nH]c(=S)nc12.[CH3-]. The van der Waals surface area contributed by atoms with Crippen LogP contribution in [0.25, 0.3) is 5.78 Å². The summed E-state index contributed by atoms with van der Waals surface area (Å²) in [6.45, 7) is 6.06. The van der Waals surface area contributed by atoms with Crippen LogP contribution in [0.5, 0.6) is 0 Å². The van der Waals surface area contributed by atoms with Gasteiger partial charge in [0.2, 0.25) is 0 Å². The summed E-state index contributed by atoms with van der Waals surface area (Å²) in [5.74, 6) is -0.483. The zero-order chi connectivity index (χ0) is 18.8. The molecule has 12 heteroatoms. The number of aromatic nitrogens is 5. The van der Waals surface area contributed by atoms with Crippen LogP contribution in [0, 0.1) is 17.6 Å². The summed E-state index contributed by atoms with van der Waals surface area (Å²) in [6, 6.07) is 0. The average molecular weight is 437 g/mol. The first-order chi connectivity index (χ1) is 11.6. The first kappa shape index (κ1) is 22.8. The number of nitrogens with one attached hydrogen (secondary N) is 1. The summed E-state index contributed by atoms with van der Waals surface area (Å²) in [5.41, 5.74) is -0.600. The van der Waals surface area contributed by atoms with Crippen molar-refractivity contribution in [3.05, 3.63) is 22.6 Å². The molecule has 0 aliphatic carbocycles. The molecule has 2 aromatic heterocycles. The normalized spacial score (nSPS) is 11.3. The molecule has 2 aromatic rings. The third-order valence-electron chi connectivity index (χ3n) is 2.96. The predicted molar refractivity (Wildman–Crippen MR) is 97.4 cm³/mol. The molecule has 143 valence electrons. The van der Waals surface area contributed by atoms with Gasteiger partial charge in [-0.3, -0.25) is 0 Å². The van der Waals surface area contributed by atoms with Crippen LogP contribution >= 0.6 is 24.0 Å². The summed E-state index contributed by atoms with van der Waals surface area (Å²) in [4.78, 5) is 27.2. The van der Waals surface area contributed by atoms with E-state index in [-0.39, 0.29) is 47.3 Å². The van der Waals surface area contributed by atoms with Gasteiger partial charge < -0.3 is 7.43 Å². The molecule has 0 unspecified atom stereocenters. The molecule has 0 fully saturated rings. The van der Waals surface area contributed by atoms with E-state index in [0.717, 1.165) is 16.2 Å². The maximum Gasteiger partial charge on any atom is -0.358 e. The zero-order valence-electron chi connectivity index (χ0n) is 14.8. The van der Waals surface area contributed by atoms with E-state index in [9.17, 15) is 9.59 Å². The maximum absolute atomic E-state index is 12.4. The molecule has 0 saturated carbocycles. The fourth-order valence-corrected chi connectivity index (χ4v) is 2.77. The van der Waals surface area contributed by atoms with Gasteiger partial charge in [0.15, 0.2) is 0 Å². The van der Waals surface area contributed by atoms with Crippen LogP contribution in [0.4, 0.5) is 0 Å². The second kappa shape index (κ2) is 9.09. The van der Waals surface area contributed by atoms with Crippen molar-refractivity contribution in [2.75, 3.05) is 5.75 Å². The third-order valence-corrected chi connectivity index (χ3v) is 5.33. The van der Waals surface area contributed by atoms with Gasteiger partial charge in [-0.1, -0.05) is 0 Å². The molecular formula is C14H20N5O4S2V-. The van der Waals surface area contributed by atoms with Crippen LogP contribution in [0.1, 0.15) is 27.2 Å². The van der Waals surface area contributed by atoms with Crippen molar-refractivity contribution in [2.45, 2.75) is 38.9 Å². The molecule has 0 amide bonds. The molecule has 2 heterocycles. The van der Waals surface area contributed by atoms with Crippen molar-refractivity contribution in [3.8, 4) is 0 Å². The van der Waals surface area contributed by atoms with Crippen LogP contribution in [-0.2, 0) is 33.2 Å². The predicted octanol–water partition coefficient (Wildman–Crippen LogP) is 1.66. The average Bonchev–Trinajstić information content (AvgIpc) is 2.89. The molecular weight excluding hydrogens is 417 g/mol. The number of thioether (sulfide) groups is 1. The zero-order valence-corrected chi connectivity index (χ0v) is 17.9. The minimum absolute atomic E-state index is 0. The Bertz CT molecular complexity index is 928. The Hall–Kier alpha value is -1.27. The Balaban J connectivity index is 0.00000338. The van der Waals surface area contributed by atoms with Gasteiger partial charge in [0.05, 0.1) is 0 Å². The minimum atomic E-state index is -0.938. The van der Waals surface area contributed by atoms with Crippen LogP contribution in [0.3, 0.4) is 0 Å². The molecule has 0 aromatic carbocycles. The Morgan fingerprint density at radius 2 is 2.12 bits per heavy atom. The number of carboxylic acids is 1. The number of hydrogen-bond donors (Lipinski definition) is 2. The molecule has 2 rings (SSSR count). The number of rotatable bonds is 7. The third kappa shape index (κ3) is 5.61. The van der Waals surface area contributed by atoms with E-state index in [2.05, 4.69) is 32.2 Å².